The van der Waals surface area contributed by atoms with Crippen LogP contribution < -0.4 is 5.30 Å². The van der Waals surface area contributed by atoms with Crippen molar-refractivity contribution in [2.75, 3.05) is 12.8 Å². The van der Waals surface area contributed by atoms with E-state index in [2.05, 4.69) is 79.8 Å². The van der Waals surface area contributed by atoms with Crippen LogP contribution in [0.25, 0.3) is 0 Å². The zero-order chi connectivity index (χ0) is 12.5. The average Bonchev–Trinajstić information content (AvgIpc) is 2.18. The van der Waals surface area contributed by atoms with Gasteiger partial charge >= 0.3 is 108 Å². The molecule has 1 rings (SSSR count). The molecule has 1 aromatic rings. The van der Waals surface area contributed by atoms with Gasteiger partial charge in [0.1, 0.15) is 0 Å². The van der Waals surface area contributed by atoms with Gasteiger partial charge in [0.25, 0.3) is 0 Å². The summed E-state index contributed by atoms with van der Waals surface area (Å²) in [6.07, 6.45) is 3.07. The molecule has 0 fully saturated rings. The summed E-state index contributed by atoms with van der Waals surface area (Å²) in [5.74, 6) is 0. The Labute approximate surface area is 108 Å². The van der Waals surface area contributed by atoms with Gasteiger partial charge in [0, 0.05) is 0 Å². The molecule has 0 atom stereocenters. The van der Waals surface area contributed by atoms with E-state index in [1.54, 1.807) is 0 Å². The van der Waals surface area contributed by atoms with E-state index in [0.29, 0.717) is 0 Å². The SMILES string of the molecule is C=CCP(C)(Br)(c1ccccc1)C(C)(C)C. The molecule has 0 heterocycles. The molecule has 0 nitrogen and oxygen atoms in total. The van der Waals surface area contributed by atoms with Crippen LogP contribution in [0.2, 0.25) is 0 Å². The maximum absolute atomic E-state index is 4.14. The molecule has 0 radical (unpaired) electrons. The molecule has 0 aliphatic heterocycles. The number of rotatable bonds is 3. The number of benzene rings is 1. The molecule has 0 aliphatic carbocycles. The van der Waals surface area contributed by atoms with Gasteiger partial charge in [-0.1, -0.05) is 0 Å². The Kier molecular flexibility index (Phi) is 3.72. The van der Waals surface area contributed by atoms with Crippen LogP contribution in [0.3, 0.4) is 0 Å². The summed E-state index contributed by atoms with van der Waals surface area (Å²) < 4.78 is 0. The number of hydrogen-bond acceptors (Lipinski definition) is 0. The zero-order valence-electron chi connectivity index (χ0n) is 10.7. The normalized spacial score (nSPS) is 15.2. The average molecular weight is 301 g/mol. The Morgan fingerprint density at radius 1 is 1.25 bits per heavy atom. The van der Waals surface area contributed by atoms with Crippen molar-refractivity contribution in [1.82, 2.24) is 0 Å². The van der Waals surface area contributed by atoms with Crippen molar-refractivity contribution in [2.45, 2.75) is 25.9 Å². The molecule has 2 heteroatoms. The topological polar surface area (TPSA) is 0 Å². The molecular weight excluding hydrogens is 279 g/mol. The zero-order valence-corrected chi connectivity index (χ0v) is 13.2. The first kappa shape index (κ1) is 13.9. The summed E-state index contributed by atoms with van der Waals surface area (Å²) >= 11 is 4.14. The Morgan fingerprint density at radius 3 is 2.12 bits per heavy atom. The standard InChI is InChI=1S/C14H22BrP/c1-6-12-16(5,15,14(2,3)4)13-10-8-7-9-11-13/h6-11H,1,12H2,2-5H3. The van der Waals surface area contributed by atoms with Gasteiger partial charge in [-0.05, 0) is 0 Å². The monoisotopic (exact) mass is 300 g/mol. The Morgan fingerprint density at radius 2 is 1.75 bits per heavy atom. The Balaban J connectivity index is 3.43. The number of hydrogen-bond donors (Lipinski definition) is 0. The molecule has 0 bridgehead atoms. The maximum atomic E-state index is 4.14. The van der Waals surface area contributed by atoms with Crippen LogP contribution in [0.15, 0.2) is 43.0 Å². The van der Waals surface area contributed by atoms with Crippen molar-refractivity contribution in [3.8, 4) is 0 Å². The van der Waals surface area contributed by atoms with Crippen LogP contribution in [-0.2, 0) is 0 Å². The van der Waals surface area contributed by atoms with Gasteiger partial charge in [-0.2, -0.15) is 0 Å². The van der Waals surface area contributed by atoms with Gasteiger partial charge in [0.15, 0.2) is 0 Å². The summed E-state index contributed by atoms with van der Waals surface area (Å²) in [5.41, 5.74) is 0. The molecule has 0 saturated carbocycles. The molecule has 0 aromatic heterocycles. The molecule has 16 heavy (non-hydrogen) atoms. The molecule has 0 N–H and O–H groups in total. The van der Waals surface area contributed by atoms with Gasteiger partial charge < -0.3 is 0 Å². The van der Waals surface area contributed by atoms with Gasteiger partial charge in [0.2, 0.25) is 0 Å². The second kappa shape index (κ2) is 4.27. The predicted molar refractivity (Wildman–Crippen MR) is 82.7 cm³/mol. The van der Waals surface area contributed by atoms with E-state index >= 15 is 0 Å². The van der Waals surface area contributed by atoms with E-state index in [4.69, 9.17) is 0 Å². The van der Waals surface area contributed by atoms with Crippen LogP contribution >= 0.6 is 20.8 Å². The minimum atomic E-state index is -2.12. The van der Waals surface area contributed by atoms with E-state index in [0.717, 1.165) is 6.16 Å². The second-order valence-corrected chi connectivity index (χ2v) is 16.9. The third-order valence-corrected chi connectivity index (χ3v) is 15.2. The minimum absolute atomic E-state index is 0.223. The van der Waals surface area contributed by atoms with Crippen LogP contribution in [0.5, 0.6) is 0 Å². The molecule has 0 saturated heterocycles. The summed E-state index contributed by atoms with van der Waals surface area (Å²) in [7, 11) is 0. The van der Waals surface area contributed by atoms with Crippen molar-refractivity contribution in [3.63, 3.8) is 0 Å². The first-order valence-electron chi connectivity index (χ1n) is 5.61. The van der Waals surface area contributed by atoms with Crippen molar-refractivity contribution in [1.29, 1.82) is 0 Å². The van der Waals surface area contributed by atoms with Crippen LogP contribution in [0.4, 0.5) is 0 Å². The number of halogens is 1. The molecule has 0 unspecified atom stereocenters. The van der Waals surface area contributed by atoms with Gasteiger partial charge in [-0.3, -0.25) is 0 Å². The fraction of sp³-hybridized carbons (Fsp3) is 0.429. The first-order chi connectivity index (χ1) is 7.22. The molecule has 1 aromatic carbocycles. The van der Waals surface area contributed by atoms with Crippen molar-refractivity contribution >= 4 is 26.1 Å². The van der Waals surface area contributed by atoms with Crippen LogP contribution in [0, 0.1) is 0 Å². The first-order valence-corrected chi connectivity index (χ1v) is 10.5. The molecule has 0 amide bonds. The predicted octanol–water partition coefficient (Wildman–Crippen LogP) is 4.79. The van der Waals surface area contributed by atoms with Gasteiger partial charge in [-0.15, -0.1) is 0 Å². The van der Waals surface area contributed by atoms with Crippen molar-refractivity contribution in [2.24, 2.45) is 0 Å². The molecular formula is C14H22BrP. The third kappa shape index (κ3) is 2.13. The molecule has 0 spiro atoms. The van der Waals surface area contributed by atoms with Crippen LogP contribution in [0.1, 0.15) is 20.8 Å². The third-order valence-electron chi connectivity index (χ3n) is 3.72. The fourth-order valence-corrected chi connectivity index (χ4v) is 6.30. The summed E-state index contributed by atoms with van der Waals surface area (Å²) in [6.45, 7) is 13.3. The Bertz CT molecular complexity index is 373. The van der Waals surface area contributed by atoms with Crippen LogP contribution in [-0.4, -0.2) is 18.0 Å². The molecule has 90 valence electrons. The molecule has 0 aliphatic rings. The second-order valence-electron chi connectivity index (χ2n) is 5.63. The summed E-state index contributed by atoms with van der Waals surface area (Å²) in [4.78, 5) is 0. The van der Waals surface area contributed by atoms with Gasteiger partial charge in [-0.25, -0.2) is 0 Å². The van der Waals surface area contributed by atoms with E-state index in [1.165, 1.54) is 5.30 Å². The summed E-state index contributed by atoms with van der Waals surface area (Å²) in [6, 6.07) is 10.8. The van der Waals surface area contributed by atoms with Crippen molar-refractivity contribution < 1.29 is 0 Å². The van der Waals surface area contributed by atoms with Crippen molar-refractivity contribution in [3.05, 3.63) is 43.0 Å². The quantitative estimate of drug-likeness (QED) is 0.556. The van der Waals surface area contributed by atoms with E-state index in [1.807, 2.05) is 6.08 Å². The van der Waals surface area contributed by atoms with Gasteiger partial charge in [0.05, 0.1) is 0 Å². The summed E-state index contributed by atoms with van der Waals surface area (Å²) in [5, 5.41) is -0.462. The number of allylic oxidation sites excluding steroid dienone is 1. The fourth-order valence-electron chi connectivity index (χ4n) is 1.89. The van der Waals surface area contributed by atoms with E-state index in [-0.39, 0.29) is 5.16 Å². The van der Waals surface area contributed by atoms with E-state index < -0.39 is 5.31 Å². The Hall–Kier alpha value is -0.130. The van der Waals surface area contributed by atoms with E-state index in [9.17, 15) is 0 Å².